The van der Waals surface area contributed by atoms with E-state index in [0.29, 0.717) is 13.2 Å². The lowest BCUT2D eigenvalue weighted by molar-refractivity contribution is -0.122. The number of carbonyl (C=O) groups is 1. The molecular weight excluding hydrogens is 228 g/mol. The summed E-state index contributed by atoms with van der Waals surface area (Å²) in [5.41, 5.74) is 1.14. The molecule has 0 fully saturated rings. The van der Waals surface area contributed by atoms with Crippen molar-refractivity contribution in [1.29, 1.82) is 0 Å². The van der Waals surface area contributed by atoms with Gasteiger partial charge in [-0.3, -0.25) is 10.1 Å². The average Bonchev–Trinajstić information content (AvgIpc) is 2.39. The Bertz CT molecular complexity index is 420. The van der Waals surface area contributed by atoms with Gasteiger partial charge in [-0.2, -0.15) is 0 Å². The van der Waals surface area contributed by atoms with Gasteiger partial charge in [0, 0.05) is 24.6 Å². The molecule has 18 heavy (non-hydrogen) atoms. The lowest BCUT2D eigenvalue weighted by Gasteiger charge is -2.28. The summed E-state index contributed by atoms with van der Waals surface area (Å²) >= 11 is 0. The first-order chi connectivity index (χ1) is 8.72. The van der Waals surface area contributed by atoms with Crippen molar-refractivity contribution in [2.45, 2.75) is 32.4 Å². The van der Waals surface area contributed by atoms with Crippen LogP contribution in [0.5, 0.6) is 5.75 Å². The standard InChI is InChI=1S/C14H20N2O2/c1-3-15-14(17)10(2)16-12-8-9-18-13-7-5-4-6-11(12)13/h4-7,10,12,16H,3,8-9H2,1-2H3,(H,15,17). The number of fused-ring (bicyclic) bond motifs is 1. The van der Waals surface area contributed by atoms with Crippen LogP contribution < -0.4 is 15.4 Å². The van der Waals surface area contributed by atoms with Crippen LogP contribution in [-0.4, -0.2) is 25.1 Å². The average molecular weight is 248 g/mol. The lowest BCUT2D eigenvalue weighted by atomic mass is 10.00. The van der Waals surface area contributed by atoms with Gasteiger partial charge in [-0.1, -0.05) is 18.2 Å². The molecule has 1 aliphatic rings. The van der Waals surface area contributed by atoms with Crippen molar-refractivity contribution < 1.29 is 9.53 Å². The molecule has 1 heterocycles. The monoisotopic (exact) mass is 248 g/mol. The number of amides is 1. The van der Waals surface area contributed by atoms with Crippen LogP contribution in [0.4, 0.5) is 0 Å². The molecule has 2 rings (SSSR count). The van der Waals surface area contributed by atoms with Gasteiger partial charge >= 0.3 is 0 Å². The van der Waals surface area contributed by atoms with Gasteiger partial charge in [0.15, 0.2) is 0 Å². The van der Waals surface area contributed by atoms with Gasteiger partial charge in [0.05, 0.1) is 12.6 Å². The molecule has 0 saturated carbocycles. The van der Waals surface area contributed by atoms with Crippen LogP contribution >= 0.6 is 0 Å². The summed E-state index contributed by atoms with van der Waals surface area (Å²) in [6.45, 7) is 5.17. The molecule has 0 saturated heterocycles. The predicted octanol–water partition coefficient (Wildman–Crippen LogP) is 1.62. The highest BCUT2D eigenvalue weighted by atomic mass is 16.5. The molecule has 2 unspecified atom stereocenters. The number of benzene rings is 1. The summed E-state index contributed by atoms with van der Waals surface area (Å²) in [5, 5.41) is 6.19. The first-order valence-corrected chi connectivity index (χ1v) is 6.48. The van der Waals surface area contributed by atoms with Gasteiger partial charge in [0.25, 0.3) is 0 Å². The summed E-state index contributed by atoms with van der Waals surface area (Å²) in [5.74, 6) is 0.964. The van der Waals surface area contributed by atoms with E-state index in [0.717, 1.165) is 17.7 Å². The van der Waals surface area contributed by atoms with Crippen LogP contribution in [0.15, 0.2) is 24.3 Å². The minimum absolute atomic E-state index is 0.0430. The van der Waals surface area contributed by atoms with Crippen molar-refractivity contribution in [1.82, 2.24) is 10.6 Å². The van der Waals surface area contributed by atoms with E-state index >= 15 is 0 Å². The topological polar surface area (TPSA) is 50.4 Å². The third-order valence-corrected chi connectivity index (χ3v) is 3.15. The molecule has 1 aliphatic heterocycles. The zero-order chi connectivity index (χ0) is 13.0. The SMILES string of the molecule is CCNC(=O)C(C)NC1CCOc2ccccc21. The smallest absolute Gasteiger partial charge is 0.236 e. The van der Waals surface area contributed by atoms with E-state index in [9.17, 15) is 4.79 Å². The molecule has 0 bridgehead atoms. The van der Waals surface area contributed by atoms with Gasteiger partial charge in [-0.05, 0) is 19.9 Å². The van der Waals surface area contributed by atoms with Gasteiger partial charge in [0.1, 0.15) is 5.75 Å². The van der Waals surface area contributed by atoms with E-state index in [1.165, 1.54) is 0 Å². The summed E-state index contributed by atoms with van der Waals surface area (Å²) in [4.78, 5) is 11.7. The zero-order valence-electron chi connectivity index (χ0n) is 10.9. The number of carbonyl (C=O) groups excluding carboxylic acids is 1. The number of rotatable bonds is 4. The Morgan fingerprint density at radius 2 is 2.28 bits per heavy atom. The fourth-order valence-electron chi connectivity index (χ4n) is 2.22. The van der Waals surface area contributed by atoms with Crippen molar-refractivity contribution in [3.05, 3.63) is 29.8 Å². The highest BCUT2D eigenvalue weighted by Gasteiger charge is 2.24. The minimum Gasteiger partial charge on any atom is -0.493 e. The molecule has 4 heteroatoms. The largest absolute Gasteiger partial charge is 0.493 e. The maximum atomic E-state index is 11.7. The number of likely N-dealkylation sites (N-methyl/N-ethyl adjacent to an activating group) is 1. The van der Waals surface area contributed by atoms with Crippen molar-refractivity contribution >= 4 is 5.91 Å². The van der Waals surface area contributed by atoms with Gasteiger partial charge < -0.3 is 10.1 Å². The highest BCUT2D eigenvalue weighted by Crippen LogP contribution is 2.31. The van der Waals surface area contributed by atoms with Gasteiger partial charge in [-0.15, -0.1) is 0 Å². The van der Waals surface area contributed by atoms with Gasteiger partial charge in [0.2, 0.25) is 5.91 Å². The van der Waals surface area contributed by atoms with Crippen LogP contribution in [0.25, 0.3) is 0 Å². The van der Waals surface area contributed by atoms with Crippen LogP contribution in [0.1, 0.15) is 31.9 Å². The first kappa shape index (κ1) is 12.9. The Balaban J connectivity index is 2.05. The summed E-state index contributed by atoms with van der Waals surface area (Å²) in [6.07, 6.45) is 0.890. The molecule has 98 valence electrons. The number of ether oxygens (including phenoxy) is 1. The maximum Gasteiger partial charge on any atom is 0.236 e. The molecule has 1 aromatic carbocycles. The molecule has 0 aromatic heterocycles. The molecule has 2 N–H and O–H groups in total. The molecule has 1 aromatic rings. The normalized spacial score (nSPS) is 19.6. The van der Waals surface area contributed by atoms with Crippen LogP contribution in [-0.2, 0) is 4.79 Å². The zero-order valence-corrected chi connectivity index (χ0v) is 10.9. The molecule has 0 aliphatic carbocycles. The van der Waals surface area contributed by atoms with Crippen molar-refractivity contribution in [2.24, 2.45) is 0 Å². The molecule has 0 spiro atoms. The quantitative estimate of drug-likeness (QED) is 0.851. The number of hydrogen-bond donors (Lipinski definition) is 2. The summed E-state index contributed by atoms with van der Waals surface area (Å²) in [6, 6.07) is 7.98. The second-order valence-electron chi connectivity index (χ2n) is 4.51. The van der Waals surface area contributed by atoms with Crippen molar-refractivity contribution in [3.63, 3.8) is 0 Å². The third kappa shape index (κ3) is 2.82. The molecule has 0 radical (unpaired) electrons. The summed E-state index contributed by atoms with van der Waals surface area (Å²) < 4.78 is 5.60. The van der Waals surface area contributed by atoms with E-state index in [1.54, 1.807) is 0 Å². The Hall–Kier alpha value is -1.55. The highest BCUT2D eigenvalue weighted by molar-refractivity contribution is 5.81. The number of nitrogens with one attached hydrogen (secondary N) is 2. The molecule has 2 atom stereocenters. The molecular formula is C14H20N2O2. The van der Waals surface area contributed by atoms with Crippen LogP contribution in [0.2, 0.25) is 0 Å². The van der Waals surface area contributed by atoms with E-state index in [1.807, 2.05) is 32.0 Å². The Labute approximate surface area is 108 Å². The molecule has 4 nitrogen and oxygen atoms in total. The van der Waals surface area contributed by atoms with Crippen LogP contribution in [0.3, 0.4) is 0 Å². The minimum atomic E-state index is -0.193. The fourth-order valence-corrected chi connectivity index (χ4v) is 2.22. The Morgan fingerprint density at radius 1 is 1.50 bits per heavy atom. The molecule has 1 amide bonds. The lowest BCUT2D eigenvalue weighted by Crippen LogP contribution is -2.44. The van der Waals surface area contributed by atoms with Crippen LogP contribution in [0, 0.1) is 0 Å². The fraction of sp³-hybridized carbons (Fsp3) is 0.500. The second kappa shape index (κ2) is 5.87. The van der Waals surface area contributed by atoms with Gasteiger partial charge in [-0.25, -0.2) is 0 Å². The Morgan fingerprint density at radius 3 is 3.06 bits per heavy atom. The number of para-hydroxylation sites is 1. The van der Waals surface area contributed by atoms with E-state index in [4.69, 9.17) is 4.74 Å². The predicted molar refractivity (Wildman–Crippen MR) is 70.6 cm³/mol. The van der Waals surface area contributed by atoms with E-state index in [-0.39, 0.29) is 18.0 Å². The third-order valence-electron chi connectivity index (χ3n) is 3.15. The van der Waals surface area contributed by atoms with E-state index in [2.05, 4.69) is 16.7 Å². The summed E-state index contributed by atoms with van der Waals surface area (Å²) in [7, 11) is 0. The van der Waals surface area contributed by atoms with E-state index < -0.39 is 0 Å². The first-order valence-electron chi connectivity index (χ1n) is 6.48. The number of hydrogen-bond acceptors (Lipinski definition) is 3. The Kier molecular flexibility index (Phi) is 4.20. The van der Waals surface area contributed by atoms with Crippen molar-refractivity contribution in [2.75, 3.05) is 13.2 Å². The van der Waals surface area contributed by atoms with Crippen molar-refractivity contribution in [3.8, 4) is 5.75 Å². The maximum absolute atomic E-state index is 11.7. The second-order valence-corrected chi connectivity index (χ2v) is 4.51.